The summed E-state index contributed by atoms with van der Waals surface area (Å²) in [5.41, 5.74) is -2.20. The zero-order valence-electron chi connectivity index (χ0n) is 19.3. The monoisotopic (exact) mass is 410 g/mol. The fourth-order valence-electron chi connectivity index (χ4n) is 5.56. The summed E-state index contributed by atoms with van der Waals surface area (Å²) in [5, 5.41) is 20.7. The Hall–Kier alpha value is -1.06. The van der Waals surface area contributed by atoms with Crippen molar-refractivity contribution in [1.29, 1.82) is 0 Å². The molecule has 1 aliphatic rings. The van der Waals surface area contributed by atoms with Gasteiger partial charge < -0.3 is 10.2 Å². The summed E-state index contributed by atoms with van der Waals surface area (Å²) < 4.78 is 0. The van der Waals surface area contributed by atoms with Crippen LogP contribution in [0.25, 0.3) is 0 Å². The first kappa shape index (κ1) is 26.0. The minimum atomic E-state index is -1.11. The Morgan fingerprint density at radius 3 is 1.59 bits per heavy atom. The number of hydrogen-bond donors (Lipinski definition) is 2. The standard InChI is InChI=1S/C25H46O4/c1-4-6-8-10-12-14-17-24(22(26)27)19-16-21(3)20-25(24,23(28)29)18-15-13-11-9-7-5-2/h21H,4-20H2,1-3H3,(H,26,27)(H,28,29). The number of carboxylic acid groups (broad SMARTS) is 2. The van der Waals surface area contributed by atoms with Crippen molar-refractivity contribution in [2.45, 2.75) is 130 Å². The third kappa shape index (κ3) is 7.00. The molecule has 170 valence electrons. The van der Waals surface area contributed by atoms with Crippen molar-refractivity contribution in [3.05, 3.63) is 0 Å². The summed E-state index contributed by atoms with van der Waals surface area (Å²) in [4.78, 5) is 25.2. The van der Waals surface area contributed by atoms with Crippen LogP contribution in [-0.4, -0.2) is 22.2 Å². The largest absolute Gasteiger partial charge is 0.481 e. The molecular weight excluding hydrogens is 364 g/mol. The van der Waals surface area contributed by atoms with Crippen molar-refractivity contribution < 1.29 is 19.8 Å². The van der Waals surface area contributed by atoms with Gasteiger partial charge in [-0.15, -0.1) is 0 Å². The normalized spacial score (nSPS) is 27.1. The molecule has 0 amide bonds. The third-order valence-corrected chi connectivity index (χ3v) is 7.41. The molecule has 1 rings (SSSR count). The van der Waals surface area contributed by atoms with Crippen molar-refractivity contribution in [2.75, 3.05) is 0 Å². The van der Waals surface area contributed by atoms with Gasteiger partial charge in [0.2, 0.25) is 0 Å². The number of aliphatic carboxylic acids is 2. The first-order valence-electron chi connectivity index (χ1n) is 12.3. The second-order valence-corrected chi connectivity index (χ2v) is 9.66. The lowest BCUT2D eigenvalue weighted by molar-refractivity contribution is -0.185. The summed E-state index contributed by atoms with van der Waals surface area (Å²) >= 11 is 0. The molecule has 4 nitrogen and oxygen atoms in total. The highest BCUT2D eigenvalue weighted by Crippen LogP contribution is 2.58. The van der Waals surface area contributed by atoms with Gasteiger partial charge in [0, 0.05) is 0 Å². The predicted molar refractivity (Wildman–Crippen MR) is 119 cm³/mol. The Labute approximate surface area is 178 Å². The number of unbranched alkanes of at least 4 members (excludes halogenated alkanes) is 10. The highest BCUT2D eigenvalue weighted by molar-refractivity contribution is 5.87. The zero-order valence-corrected chi connectivity index (χ0v) is 19.3. The average molecular weight is 411 g/mol. The molecule has 29 heavy (non-hydrogen) atoms. The van der Waals surface area contributed by atoms with Gasteiger partial charge in [-0.1, -0.05) is 97.8 Å². The van der Waals surface area contributed by atoms with Gasteiger partial charge in [0.05, 0.1) is 10.8 Å². The van der Waals surface area contributed by atoms with Crippen LogP contribution in [0.3, 0.4) is 0 Å². The maximum Gasteiger partial charge on any atom is 0.310 e. The number of rotatable bonds is 16. The van der Waals surface area contributed by atoms with E-state index in [4.69, 9.17) is 0 Å². The summed E-state index contributed by atoms with van der Waals surface area (Å²) in [6.07, 6.45) is 16.0. The van der Waals surface area contributed by atoms with Gasteiger partial charge in [0.25, 0.3) is 0 Å². The Balaban J connectivity index is 2.90. The first-order chi connectivity index (χ1) is 13.9. The van der Waals surface area contributed by atoms with E-state index >= 15 is 0 Å². The average Bonchev–Trinajstić information content (AvgIpc) is 2.68. The number of carbonyl (C=O) groups is 2. The molecule has 1 fully saturated rings. The van der Waals surface area contributed by atoms with Gasteiger partial charge in [0.1, 0.15) is 0 Å². The van der Waals surface area contributed by atoms with Crippen molar-refractivity contribution >= 4 is 11.9 Å². The molecule has 0 aromatic carbocycles. The van der Waals surface area contributed by atoms with Crippen molar-refractivity contribution in [3.8, 4) is 0 Å². The molecule has 0 heterocycles. The molecule has 3 unspecified atom stereocenters. The van der Waals surface area contributed by atoms with Crippen LogP contribution in [0.5, 0.6) is 0 Å². The maximum atomic E-state index is 12.6. The SMILES string of the molecule is CCCCCCCCC1(C(=O)O)CCC(C)CC1(CCCCCCCC)C(=O)O. The van der Waals surface area contributed by atoms with E-state index in [1.165, 1.54) is 38.5 Å². The van der Waals surface area contributed by atoms with Gasteiger partial charge in [-0.05, 0) is 38.0 Å². The number of carboxylic acids is 2. The Morgan fingerprint density at radius 2 is 1.14 bits per heavy atom. The molecular formula is C25H46O4. The zero-order chi connectivity index (χ0) is 21.8. The van der Waals surface area contributed by atoms with Gasteiger partial charge >= 0.3 is 11.9 Å². The third-order valence-electron chi connectivity index (χ3n) is 7.41. The van der Waals surface area contributed by atoms with E-state index in [0.29, 0.717) is 25.7 Å². The Morgan fingerprint density at radius 1 is 0.724 bits per heavy atom. The lowest BCUT2D eigenvalue weighted by atomic mass is 9.50. The van der Waals surface area contributed by atoms with Crippen molar-refractivity contribution in [3.63, 3.8) is 0 Å². The molecule has 1 saturated carbocycles. The van der Waals surface area contributed by atoms with E-state index in [0.717, 1.165) is 44.9 Å². The van der Waals surface area contributed by atoms with E-state index in [2.05, 4.69) is 20.8 Å². The van der Waals surface area contributed by atoms with E-state index in [1.807, 2.05) is 0 Å². The second kappa shape index (κ2) is 13.3. The molecule has 4 heteroatoms. The molecule has 0 aliphatic heterocycles. The Kier molecular flexibility index (Phi) is 11.9. The van der Waals surface area contributed by atoms with Crippen LogP contribution >= 0.6 is 0 Å². The van der Waals surface area contributed by atoms with Gasteiger partial charge in [0.15, 0.2) is 0 Å². The van der Waals surface area contributed by atoms with E-state index in [1.54, 1.807) is 0 Å². The van der Waals surface area contributed by atoms with E-state index in [9.17, 15) is 19.8 Å². The maximum absolute atomic E-state index is 12.6. The molecule has 2 N–H and O–H groups in total. The van der Waals surface area contributed by atoms with Crippen LogP contribution in [-0.2, 0) is 9.59 Å². The fraction of sp³-hybridized carbons (Fsp3) is 0.920. The van der Waals surface area contributed by atoms with Gasteiger partial charge in [-0.3, -0.25) is 9.59 Å². The van der Waals surface area contributed by atoms with Crippen LogP contribution in [0, 0.1) is 16.7 Å². The van der Waals surface area contributed by atoms with Crippen LogP contribution in [0.2, 0.25) is 0 Å². The van der Waals surface area contributed by atoms with Gasteiger partial charge in [-0.2, -0.15) is 0 Å². The minimum absolute atomic E-state index is 0.281. The summed E-state index contributed by atoms with van der Waals surface area (Å²) in [5.74, 6) is -1.46. The lowest BCUT2D eigenvalue weighted by Gasteiger charge is -2.50. The minimum Gasteiger partial charge on any atom is -0.481 e. The highest BCUT2D eigenvalue weighted by atomic mass is 16.4. The van der Waals surface area contributed by atoms with Crippen LogP contribution in [0.15, 0.2) is 0 Å². The quantitative estimate of drug-likeness (QED) is 0.259. The number of hydrogen-bond acceptors (Lipinski definition) is 2. The van der Waals surface area contributed by atoms with E-state index < -0.39 is 22.8 Å². The van der Waals surface area contributed by atoms with Crippen molar-refractivity contribution in [1.82, 2.24) is 0 Å². The molecule has 0 aromatic rings. The van der Waals surface area contributed by atoms with E-state index in [-0.39, 0.29) is 5.92 Å². The molecule has 0 spiro atoms. The van der Waals surface area contributed by atoms with Gasteiger partial charge in [-0.25, -0.2) is 0 Å². The highest BCUT2D eigenvalue weighted by Gasteiger charge is 2.62. The van der Waals surface area contributed by atoms with Crippen molar-refractivity contribution in [2.24, 2.45) is 16.7 Å². The molecule has 1 aliphatic carbocycles. The molecule has 0 aromatic heterocycles. The topological polar surface area (TPSA) is 74.6 Å². The van der Waals surface area contributed by atoms with Crippen LogP contribution in [0.1, 0.15) is 130 Å². The van der Waals surface area contributed by atoms with Crippen LogP contribution < -0.4 is 0 Å². The fourth-order valence-corrected chi connectivity index (χ4v) is 5.56. The second-order valence-electron chi connectivity index (χ2n) is 9.66. The van der Waals surface area contributed by atoms with Crippen LogP contribution in [0.4, 0.5) is 0 Å². The lowest BCUT2D eigenvalue weighted by Crippen LogP contribution is -2.56. The first-order valence-corrected chi connectivity index (χ1v) is 12.3. The summed E-state index contributed by atoms with van der Waals surface area (Å²) in [7, 11) is 0. The summed E-state index contributed by atoms with van der Waals surface area (Å²) in [6.45, 7) is 6.47. The smallest absolute Gasteiger partial charge is 0.310 e. The summed E-state index contributed by atoms with van der Waals surface area (Å²) in [6, 6.07) is 0. The molecule has 0 bridgehead atoms. The molecule has 0 radical (unpaired) electrons. The molecule has 0 saturated heterocycles. The Bertz CT molecular complexity index is 489. The predicted octanol–water partition coefficient (Wildman–Crippen LogP) is 7.45. The molecule has 3 atom stereocenters.